The van der Waals surface area contributed by atoms with Gasteiger partial charge in [-0.1, -0.05) is 6.07 Å². The van der Waals surface area contributed by atoms with Gasteiger partial charge < -0.3 is 4.90 Å². The van der Waals surface area contributed by atoms with E-state index in [0.717, 1.165) is 0 Å². The average molecular weight is 215 g/mol. The molecular formula is C9H13NOS2. The highest BCUT2D eigenvalue weighted by molar-refractivity contribution is 7.81. The van der Waals surface area contributed by atoms with E-state index in [1.807, 2.05) is 31.5 Å². The maximum absolute atomic E-state index is 11.3. The zero-order chi connectivity index (χ0) is 9.84. The number of hydrogen-bond acceptors (Lipinski definition) is 3. The van der Waals surface area contributed by atoms with E-state index in [9.17, 15) is 4.79 Å². The van der Waals surface area contributed by atoms with Crippen LogP contribution in [0.5, 0.6) is 0 Å². The number of rotatable bonds is 3. The molecule has 4 heteroatoms. The third kappa shape index (κ3) is 2.48. The molecule has 0 aromatic carbocycles. The van der Waals surface area contributed by atoms with Gasteiger partial charge in [0.15, 0.2) is 0 Å². The van der Waals surface area contributed by atoms with Crippen LogP contribution < -0.4 is 0 Å². The molecule has 1 rings (SSSR count). The Hall–Kier alpha value is -0.480. The summed E-state index contributed by atoms with van der Waals surface area (Å²) in [6.07, 6.45) is 0. The van der Waals surface area contributed by atoms with Crippen LogP contribution in [0.2, 0.25) is 0 Å². The molecule has 0 fully saturated rings. The highest BCUT2D eigenvalue weighted by Gasteiger charge is 2.16. The number of thiol groups is 1. The molecule has 0 aliphatic rings. The quantitative estimate of drug-likeness (QED) is 0.766. The summed E-state index contributed by atoms with van der Waals surface area (Å²) in [6.45, 7) is 2.02. The molecule has 13 heavy (non-hydrogen) atoms. The Bertz CT molecular complexity index is 271. The zero-order valence-corrected chi connectivity index (χ0v) is 9.44. The molecule has 2 nitrogen and oxygen atoms in total. The van der Waals surface area contributed by atoms with Gasteiger partial charge in [-0.3, -0.25) is 4.79 Å². The number of thiophene rings is 1. The average Bonchev–Trinajstić information content (AvgIpc) is 2.67. The number of carbonyl (C=O) groups is 1. The minimum absolute atomic E-state index is 0.0595. The van der Waals surface area contributed by atoms with Crippen molar-refractivity contribution in [3.05, 3.63) is 22.4 Å². The van der Waals surface area contributed by atoms with Crippen LogP contribution in [-0.2, 0) is 4.79 Å². The van der Waals surface area contributed by atoms with Crippen molar-refractivity contribution in [2.75, 3.05) is 12.8 Å². The molecule has 0 saturated heterocycles. The molecule has 1 unspecified atom stereocenters. The van der Waals surface area contributed by atoms with E-state index < -0.39 is 0 Å². The predicted molar refractivity (Wildman–Crippen MR) is 59.4 cm³/mol. The fourth-order valence-electron chi connectivity index (χ4n) is 1.05. The monoisotopic (exact) mass is 215 g/mol. The molecule has 1 atom stereocenters. The summed E-state index contributed by atoms with van der Waals surface area (Å²) in [5.74, 6) is 0.330. The first-order valence-corrected chi connectivity index (χ1v) is 5.58. The highest BCUT2D eigenvalue weighted by Crippen LogP contribution is 2.23. The Balaban J connectivity index is 2.68. The maximum Gasteiger partial charge on any atom is 0.232 e. The summed E-state index contributed by atoms with van der Waals surface area (Å²) in [7, 11) is 1.81. The zero-order valence-electron chi connectivity index (χ0n) is 7.73. The Morgan fingerprint density at radius 2 is 2.46 bits per heavy atom. The van der Waals surface area contributed by atoms with Crippen molar-refractivity contribution in [2.24, 2.45) is 0 Å². The van der Waals surface area contributed by atoms with E-state index >= 15 is 0 Å². The van der Waals surface area contributed by atoms with Gasteiger partial charge in [0.2, 0.25) is 5.91 Å². The minimum atomic E-state index is 0.0595. The van der Waals surface area contributed by atoms with E-state index in [1.165, 1.54) is 4.88 Å². The first-order chi connectivity index (χ1) is 6.16. The molecule has 1 amide bonds. The molecule has 0 aliphatic heterocycles. The molecule has 0 saturated carbocycles. The van der Waals surface area contributed by atoms with Crippen LogP contribution >= 0.6 is 24.0 Å². The summed E-state index contributed by atoms with van der Waals surface area (Å²) < 4.78 is 0. The largest absolute Gasteiger partial charge is 0.337 e. The van der Waals surface area contributed by atoms with E-state index in [1.54, 1.807) is 16.2 Å². The van der Waals surface area contributed by atoms with Gasteiger partial charge in [0.25, 0.3) is 0 Å². The van der Waals surface area contributed by atoms with Crippen molar-refractivity contribution < 1.29 is 4.79 Å². The van der Waals surface area contributed by atoms with E-state index in [-0.39, 0.29) is 17.7 Å². The Labute approximate surface area is 88.0 Å². The van der Waals surface area contributed by atoms with Crippen LogP contribution in [0.4, 0.5) is 0 Å². The van der Waals surface area contributed by atoms with Crippen molar-refractivity contribution in [1.82, 2.24) is 4.90 Å². The molecule has 0 N–H and O–H groups in total. The molecule has 0 aliphatic carbocycles. The van der Waals surface area contributed by atoms with Gasteiger partial charge in [-0.15, -0.1) is 11.3 Å². The van der Waals surface area contributed by atoms with Gasteiger partial charge in [0.1, 0.15) is 0 Å². The number of carbonyl (C=O) groups excluding carboxylic acids is 1. The maximum atomic E-state index is 11.3. The lowest BCUT2D eigenvalue weighted by Gasteiger charge is -2.23. The third-order valence-electron chi connectivity index (χ3n) is 2.06. The van der Waals surface area contributed by atoms with Crippen molar-refractivity contribution in [1.29, 1.82) is 0 Å². The molecule has 1 aromatic heterocycles. The molecule has 0 spiro atoms. The van der Waals surface area contributed by atoms with Gasteiger partial charge in [-0.2, -0.15) is 12.6 Å². The summed E-state index contributed by atoms with van der Waals surface area (Å²) in [6, 6.07) is 4.19. The van der Waals surface area contributed by atoms with Gasteiger partial charge in [0.05, 0.1) is 11.8 Å². The lowest BCUT2D eigenvalue weighted by Crippen LogP contribution is -2.30. The molecule has 1 aromatic rings. The van der Waals surface area contributed by atoms with Crippen molar-refractivity contribution in [2.45, 2.75) is 13.0 Å². The second-order valence-electron chi connectivity index (χ2n) is 2.85. The second-order valence-corrected chi connectivity index (χ2v) is 4.15. The Kier molecular flexibility index (Phi) is 3.81. The highest BCUT2D eigenvalue weighted by atomic mass is 32.1. The van der Waals surface area contributed by atoms with Crippen LogP contribution in [0.25, 0.3) is 0 Å². The van der Waals surface area contributed by atoms with Crippen molar-refractivity contribution in [3.8, 4) is 0 Å². The summed E-state index contributed by atoms with van der Waals surface area (Å²) in [4.78, 5) is 14.2. The van der Waals surface area contributed by atoms with Gasteiger partial charge in [-0.05, 0) is 18.4 Å². The molecule has 72 valence electrons. The minimum Gasteiger partial charge on any atom is -0.337 e. The lowest BCUT2D eigenvalue weighted by atomic mass is 10.2. The summed E-state index contributed by atoms with van der Waals surface area (Å²) in [5.41, 5.74) is 0. The number of amides is 1. The summed E-state index contributed by atoms with van der Waals surface area (Å²) in [5, 5.41) is 2.02. The standard InChI is InChI=1S/C9H13NOS2/c1-7(8-4-3-5-13-8)10(2)9(11)6-12/h3-5,7,12H,6H2,1-2H3. The first kappa shape index (κ1) is 10.6. The van der Waals surface area contributed by atoms with E-state index in [2.05, 4.69) is 12.6 Å². The number of nitrogens with zero attached hydrogens (tertiary/aromatic N) is 1. The van der Waals surface area contributed by atoms with Crippen LogP contribution in [0.15, 0.2) is 17.5 Å². The van der Waals surface area contributed by atoms with Gasteiger partial charge in [-0.25, -0.2) is 0 Å². The second kappa shape index (κ2) is 4.67. The topological polar surface area (TPSA) is 20.3 Å². The fourth-order valence-corrected chi connectivity index (χ4v) is 2.10. The SMILES string of the molecule is CC(c1cccs1)N(C)C(=O)CS. The van der Waals surface area contributed by atoms with Crippen molar-refractivity contribution in [3.63, 3.8) is 0 Å². The number of hydrogen-bond donors (Lipinski definition) is 1. The Morgan fingerprint density at radius 1 is 1.77 bits per heavy atom. The van der Waals surface area contributed by atoms with Crippen molar-refractivity contribution >= 4 is 29.9 Å². The first-order valence-electron chi connectivity index (χ1n) is 4.06. The van der Waals surface area contributed by atoms with Crippen LogP contribution in [0, 0.1) is 0 Å². The van der Waals surface area contributed by atoms with E-state index in [0.29, 0.717) is 0 Å². The lowest BCUT2D eigenvalue weighted by molar-refractivity contribution is -0.128. The summed E-state index contributed by atoms with van der Waals surface area (Å²) >= 11 is 5.63. The van der Waals surface area contributed by atoms with Crippen LogP contribution in [0.3, 0.4) is 0 Å². The molecular weight excluding hydrogens is 202 g/mol. The Morgan fingerprint density at radius 3 is 2.92 bits per heavy atom. The molecule has 1 heterocycles. The molecule has 0 radical (unpaired) electrons. The molecule has 0 bridgehead atoms. The van der Waals surface area contributed by atoms with Gasteiger partial charge >= 0.3 is 0 Å². The van der Waals surface area contributed by atoms with Gasteiger partial charge in [0, 0.05) is 11.9 Å². The van der Waals surface area contributed by atoms with Crippen LogP contribution in [0.1, 0.15) is 17.8 Å². The van der Waals surface area contributed by atoms with E-state index in [4.69, 9.17) is 0 Å². The normalized spacial score (nSPS) is 12.5. The third-order valence-corrected chi connectivity index (χ3v) is 3.38. The smallest absolute Gasteiger partial charge is 0.232 e. The predicted octanol–water partition coefficient (Wildman–Crippen LogP) is 2.20. The fraction of sp³-hybridized carbons (Fsp3) is 0.444. The van der Waals surface area contributed by atoms with Crippen LogP contribution in [-0.4, -0.2) is 23.6 Å².